The third kappa shape index (κ3) is 3.17. The molecule has 5 heteroatoms. The molecule has 0 aromatic heterocycles. The Morgan fingerprint density at radius 3 is 2.53 bits per heavy atom. The maximum atomic E-state index is 12.2. The molecule has 0 saturated heterocycles. The average molecular weight is 368 g/mol. The van der Waals surface area contributed by atoms with Gasteiger partial charge in [0.2, 0.25) is 0 Å². The average Bonchev–Trinajstić information content (AvgIpc) is 2.41. The van der Waals surface area contributed by atoms with Crippen molar-refractivity contribution in [1.29, 1.82) is 0 Å². The third-order valence-electron chi connectivity index (χ3n) is 2.60. The van der Waals surface area contributed by atoms with Gasteiger partial charge in [-0.1, -0.05) is 6.07 Å². The summed E-state index contributed by atoms with van der Waals surface area (Å²) in [4.78, 5) is 12.2. The maximum absolute atomic E-state index is 12.2. The number of nitrogen functional groups attached to an aromatic ring is 1. The van der Waals surface area contributed by atoms with Crippen molar-refractivity contribution in [3.63, 3.8) is 0 Å². The standard InChI is InChI=1S/C14H13IN2O2/c1-19-13-11(3-2-4-12(13)16)14(18)17-10-7-5-9(15)6-8-10/h2-8H,16H2,1H3,(H,17,18). The predicted octanol–water partition coefficient (Wildman–Crippen LogP) is 3.13. The molecule has 0 aliphatic carbocycles. The van der Waals surface area contributed by atoms with Crippen LogP contribution in [0.25, 0.3) is 0 Å². The lowest BCUT2D eigenvalue weighted by atomic mass is 10.1. The van der Waals surface area contributed by atoms with Crippen LogP contribution in [0.1, 0.15) is 10.4 Å². The molecule has 0 unspecified atom stereocenters. The minimum absolute atomic E-state index is 0.245. The molecule has 0 heterocycles. The summed E-state index contributed by atoms with van der Waals surface area (Å²) in [6.45, 7) is 0. The Bertz CT molecular complexity index is 597. The summed E-state index contributed by atoms with van der Waals surface area (Å²) < 4.78 is 6.28. The number of methoxy groups -OCH3 is 1. The largest absolute Gasteiger partial charge is 0.494 e. The van der Waals surface area contributed by atoms with Gasteiger partial charge < -0.3 is 15.8 Å². The van der Waals surface area contributed by atoms with E-state index in [0.29, 0.717) is 17.0 Å². The van der Waals surface area contributed by atoms with Crippen LogP contribution < -0.4 is 15.8 Å². The SMILES string of the molecule is COc1c(N)cccc1C(=O)Nc1ccc(I)cc1. The van der Waals surface area contributed by atoms with E-state index in [0.717, 1.165) is 9.26 Å². The second-order valence-electron chi connectivity index (χ2n) is 3.89. The van der Waals surface area contributed by atoms with Gasteiger partial charge in [-0.2, -0.15) is 0 Å². The molecule has 0 aliphatic heterocycles. The summed E-state index contributed by atoms with van der Waals surface area (Å²) in [6, 6.07) is 12.6. The first-order chi connectivity index (χ1) is 9.11. The number of ether oxygens (including phenoxy) is 1. The topological polar surface area (TPSA) is 64.3 Å². The molecular formula is C14H13IN2O2. The molecule has 0 bridgehead atoms. The number of halogens is 1. The number of anilines is 2. The number of hydrogen-bond donors (Lipinski definition) is 2. The highest BCUT2D eigenvalue weighted by Gasteiger charge is 2.14. The Morgan fingerprint density at radius 1 is 1.21 bits per heavy atom. The van der Waals surface area contributed by atoms with Gasteiger partial charge in [-0.05, 0) is 59.0 Å². The van der Waals surface area contributed by atoms with Gasteiger partial charge in [0.05, 0.1) is 18.4 Å². The third-order valence-corrected chi connectivity index (χ3v) is 3.32. The molecule has 4 nitrogen and oxygen atoms in total. The van der Waals surface area contributed by atoms with Crippen LogP contribution in [0.5, 0.6) is 5.75 Å². The Hall–Kier alpha value is -1.76. The Labute approximate surface area is 125 Å². The minimum atomic E-state index is -0.245. The normalized spacial score (nSPS) is 10.0. The van der Waals surface area contributed by atoms with Crippen LogP contribution in [0.15, 0.2) is 42.5 Å². The van der Waals surface area contributed by atoms with E-state index >= 15 is 0 Å². The summed E-state index contributed by atoms with van der Waals surface area (Å²) in [5.74, 6) is 0.149. The summed E-state index contributed by atoms with van der Waals surface area (Å²) >= 11 is 2.21. The molecule has 0 saturated carbocycles. The molecule has 2 aromatic rings. The smallest absolute Gasteiger partial charge is 0.259 e. The number of rotatable bonds is 3. The van der Waals surface area contributed by atoms with E-state index in [1.165, 1.54) is 7.11 Å². The maximum Gasteiger partial charge on any atom is 0.259 e. The zero-order chi connectivity index (χ0) is 13.8. The molecule has 0 radical (unpaired) electrons. The van der Waals surface area contributed by atoms with E-state index in [-0.39, 0.29) is 5.91 Å². The van der Waals surface area contributed by atoms with Crippen molar-refractivity contribution in [3.05, 3.63) is 51.6 Å². The predicted molar refractivity (Wildman–Crippen MR) is 84.5 cm³/mol. The van der Waals surface area contributed by atoms with Crippen LogP contribution >= 0.6 is 22.6 Å². The molecule has 98 valence electrons. The number of nitrogens with one attached hydrogen (secondary N) is 1. The van der Waals surface area contributed by atoms with Crippen LogP contribution in [0.3, 0.4) is 0 Å². The number of carbonyl (C=O) groups is 1. The van der Waals surface area contributed by atoms with Crippen LogP contribution in [0.2, 0.25) is 0 Å². The highest BCUT2D eigenvalue weighted by atomic mass is 127. The number of carbonyl (C=O) groups excluding carboxylic acids is 1. The van der Waals surface area contributed by atoms with E-state index in [4.69, 9.17) is 10.5 Å². The molecule has 19 heavy (non-hydrogen) atoms. The molecular weight excluding hydrogens is 355 g/mol. The first-order valence-electron chi connectivity index (χ1n) is 5.61. The molecule has 2 rings (SSSR count). The number of benzene rings is 2. The fourth-order valence-corrected chi connectivity index (χ4v) is 2.05. The summed E-state index contributed by atoms with van der Waals surface area (Å²) in [6.07, 6.45) is 0. The van der Waals surface area contributed by atoms with Gasteiger partial charge >= 0.3 is 0 Å². The summed E-state index contributed by atoms with van der Waals surface area (Å²) in [7, 11) is 1.49. The zero-order valence-corrected chi connectivity index (χ0v) is 12.5. The van der Waals surface area contributed by atoms with Crippen molar-refractivity contribution in [2.45, 2.75) is 0 Å². The molecule has 0 spiro atoms. The van der Waals surface area contributed by atoms with E-state index in [9.17, 15) is 4.79 Å². The van der Waals surface area contributed by atoms with Crippen molar-refractivity contribution in [3.8, 4) is 5.75 Å². The lowest BCUT2D eigenvalue weighted by Gasteiger charge is -2.11. The lowest BCUT2D eigenvalue weighted by Crippen LogP contribution is -2.13. The molecule has 1 amide bonds. The first-order valence-corrected chi connectivity index (χ1v) is 6.69. The van der Waals surface area contributed by atoms with Gasteiger partial charge in [-0.25, -0.2) is 0 Å². The van der Waals surface area contributed by atoms with Gasteiger partial charge in [0.15, 0.2) is 5.75 Å². The highest BCUT2D eigenvalue weighted by molar-refractivity contribution is 14.1. The zero-order valence-electron chi connectivity index (χ0n) is 10.3. The lowest BCUT2D eigenvalue weighted by molar-refractivity contribution is 0.102. The van der Waals surface area contributed by atoms with E-state index in [1.54, 1.807) is 18.2 Å². The van der Waals surface area contributed by atoms with Crippen LogP contribution in [-0.4, -0.2) is 13.0 Å². The Morgan fingerprint density at radius 2 is 1.89 bits per heavy atom. The van der Waals surface area contributed by atoms with E-state index < -0.39 is 0 Å². The van der Waals surface area contributed by atoms with Crippen molar-refractivity contribution >= 4 is 39.9 Å². The van der Waals surface area contributed by atoms with E-state index in [2.05, 4.69) is 27.9 Å². The number of nitrogens with two attached hydrogens (primary N) is 1. The van der Waals surface area contributed by atoms with Crippen molar-refractivity contribution in [2.24, 2.45) is 0 Å². The van der Waals surface area contributed by atoms with Gasteiger partial charge in [0, 0.05) is 9.26 Å². The van der Waals surface area contributed by atoms with Gasteiger partial charge in [-0.15, -0.1) is 0 Å². The number of amides is 1. The highest BCUT2D eigenvalue weighted by Crippen LogP contribution is 2.26. The van der Waals surface area contributed by atoms with Crippen LogP contribution in [0.4, 0.5) is 11.4 Å². The van der Waals surface area contributed by atoms with Crippen molar-refractivity contribution in [1.82, 2.24) is 0 Å². The van der Waals surface area contributed by atoms with Gasteiger partial charge in [0.1, 0.15) is 0 Å². The van der Waals surface area contributed by atoms with Crippen molar-refractivity contribution < 1.29 is 9.53 Å². The Kier molecular flexibility index (Phi) is 4.26. The van der Waals surface area contributed by atoms with Gasteiger partial charge in [-0.3, -0.25) is 4.79 Å². The fraction of sp³-hybridized carbons (Fsp3) is 0.0714. The quantitative estimate of drug-likeness (QED) is 0.646. The van der Waals surface area contributed by atoms with E-state index in [1.807, 2.05) is 24.3 Å². The minimum Gasteiger partial charge on any atom is -0.494 e. The number of para-hydroxylation sites is 1. The van der Waals surface area contributed by atoms with Crippen LogP contribution in [0, 0.1) is 3.57 Å². The molecule has 3 N–H and O–H groups in total. The van der Waals surface area contributed by atoms with Crippen LogP contribution in [-0.2, 0) is 0 Å². The molecule has 0 fully saturated rings. The molecule has 2 aromatic carbocycles. The monoisotopic (exact) mass is 368 g/mol. The second-order valence-corrected chi connectivity index (χ2v) is 5.13. The molecule has 0 atom stereocenters. The summed E-state index contributed by atoms with van der Waals surface area (Å²) in [5.41, 5.74) is 7.37. The molecule has 0 aliphatic rings. The second kappa shape index (κ2) is 5.92. The fourth-order valence-electron chi connectivity index (χ4n) is 1.69. The van der Waals surface area contributed by atoms with Gasteiger partial charge in [0.25, 0.3) is 5.91 Å². The first kappa shape index (κ1) is 13.7. The van der Waals surface area contributed by atoms with Crippen molar-refractivity contribution in [2.75, 3.05) is 18.2 Å². The Balaban J connectivity index is 2.25. The summed E-state index contributed by atoms with van der Waals surface area (Å²) in [5, 5.41) is 2.81. The number of hydrogen-bond acceptors (Lipinski definition) is 3.